The van der Waals surface area contributed by atoms with Crippen LogP contribution < -0.4 is 0 Å². The second-order valence-corrected chi connectivity index (χ2v) is 9.70. The standard InChI is InChI=1S/C28H43N7O2/c1-4-15-33(5-2)16-6-7-17-34(23-28(36)37)19-24-8-10-25(11-9-24)20-35(21-26-29-12-13-30-26)22-27-31-14-18-32(27)3/h8-14,18H,4-7,15-17,19-23H2,1-3H3,(H,29,30)(H,36,37). The summed E-state index contributed by atoms with van der Waals surface area (Å²) in [6.07, 6.45) is 10.7. The van der Waals surface area contributed by atoms with Gasteiger partial charge in [0.1, 0.15) is 11.6 Å². The van der Waals surface area contributed by atoms with Gasteiger partial charge in [-0.25, -0.2) is 9.97 Å². The maximum Gasteiger partial charge on any atom is 0.317 e. The quantitative estimate of drug-likeness (QED) is 0.252. The zero-order chi connectivity index (χ0) is 26.5. The van der Waals surface area contributed by atoms with E-state index in [0.29, 0.717) is 19.6 Å². The van der Waals surface area contributed by atoms with E-state index in [9.17, 15) is 9.90 Å². The first-order chi connectivity index (χ1) is 18.0. The minimum Gasteiger partial charge on any atom is -0.480 e. The van der Waals surface area contributed by atoms with Gasteiger partial charge in [-0.2, -0.15) is 0 Å². The summed E-state index contributed by atoms with van der Waals surface area (Å²) in [6, 6.07) is 8.53. The molecule has 0 saturated carbocycles. The van der Waals surface area contributed by atoms with E-state index in [1.807, 2.05) is 35.1 Å². The minimum absolute atomic E-state index is 0.0643. The van der Waals surface area contributed by atoms with Crippen molar-refractivity contribution < 1.29 is 9.90 Å². The zero-order valence-corrected chi connectivity index (χ0v) is 22.6. The van der Waals surface area contributed by atoms with Crippen LogP contribution in [0.15, 0.2) is 49.1 Å². The van der Waals surface area contributed by atoms with Crippen LogP contribution in [0.1, 0.15) is 55.9 Å². The highest BCUT2D eigenvalue weighted by molar-refractivity contribution is 5.69. The second kappa shape index (κ2) is 15.3. The fraction of sp³-hybridized carbons (Fsp3) is 0.536. The highest BCUT2D eigenvalue weighted by Gasteiger charge is 2.14. The molecule has 0 atom stereocenters. The Labute approximate surface area is 221 Å². The molecule has 2 aromatic heterocycles. The molecule has 0 saturated heterocycles. The Balaban J connectivity index is 1.56. The van der Waals surface area contributed by atoms with Crippen molar-refractivity contribution in [3.05, 3.63) is 71.8 Å². The number of nitrogens with zero attached hydrogens (tertiary/aromatic N) is 6. The smallest absolute Gasteiger partial charge is 0.317 e. The van der Waals surface area contributed by atoms with Crippen LogP contribution >= 0.6 is 0 Å². The Kier molecular flexibility index (Phi) is 11.8. The van der Waals surface area contributed by atoms with Crippen molar-refractivity contribution in [2.75, 3.05) is 32.7 Å². The first-order valence-electron chi connectivity index (χ1n) is 13.4. The van der Waals surface area contributed by atoms with Crippen molar-refractivity contribution in [2.24, 2.45) is 7.05 Å². The lowest BCUT2D eigenvalue weighted by Gasteiger charge is -2.23. The molecule has 202 valence electrons. The molecule has 0 aliphatic heterocycles. The summed E-state index contributed by atoms with van der Waals surface area (Å²) < 4.78 is 2.04. The lowest BCUT2D eigenvalue weighted by molar-refractivity contribution is -0.138. The number of nitrogens with one attached hydrogen (secondary N) is 1. The lowest BCUT2D eigenvalue weighted by Crippen LogP contribution is -2.31. The van der Waals surface area contributed by atoms with Gasteiger partial charge >= 0.3 is 5.97 Å². The predicted molar refractivity (Wildman–Crippen MR) is 146 cm³/mol. The normalized spacial score (nSPS) is 11.7. The van der Waals surface area contributed by atoms with E-state index in [4.69, 9.17) is 0 Å². The number of hydrogen-bond acceptors (Lipinski definition) is 6. The monoisotopic (exact) mass is 509 g/mol. The van der Waals surface area contributed by atoms with Crippen molar-refractivity contribution in [3.63, 3.8) is 0 Å². The van der Waals surface area contributed by atoms with Crippen LogP contribution in [0.5, 0.6) is 0 Å². The van der Waals surface area contributed by atoms with Crippen LogP contribution in [0.4, 0.5) is 0 Å². The first-order valence-corrected chi connectivity index (χ1v) is 13.4. The minimum atomic E-state index is -0.777. The van der Waals surface area contributed by atoms with E-state index < -0.39 is 5.97 Å². The molecule has 37 heavy (non-hydrogen) atoms. The number of aromatic amines is 1. The van der Waals surface area contributed by atoms with Crippen molar-refractivity contribution in [1.29, 1.82) is 0 Å². The molecule has 0 bridgehead atoms. The molecule has 2 N–H and O–H groups in total. The maximum absolute atomic E-state index is 11.5. The van der Waals surface area contributed by atoms with Crippen molar-refractivity contribution >= 4 is 5.97 Å². The summed E-state index contributed by atoms with van der Waals surface area (Å²) in [7, 11) is 2.01. The molecule has 0 unspecified atom stereocenters. The van der Waals surface area contributed by atoms with E-state index >= 15 is 0 Å². The van der Waals surface area contributed by atoms with Gasteiger partial charge < -0.3 is 19.6 Å². The van der Waals surface area contributed by atoms with Gasteiger partial charge in [0.05, 0.1) is 19.6 Å². The third-order valence-electron chi connectivity index (χ3n) is 6.59. The number of hydrogen-bond donors (Lipinski definition) is 2. The highest BCUT2D eigenvalue weighted by atomic mass is 16.4. The largest absolute Gasteiger partial charge is 0.480 e. The average molecular weight is 510 g/mol. The lowest BCUT2D eigenvalue weighted by atomic mass is 10.1. The number of carbonyl (C=O) groups is 1. The van der Waals surface area contributed by atoms with Crippen LogP contribution in [0.3, 0.4) is 0 Å². The van der Waals surface area contributed by atoms with Crippen molar-refractivity contribution in [3.8, 4) is 0 Å². The molecule has 1 aromatic carbocycles. The van der Waals surface area contributed by atoms with Gasteiger partial charge in [0, 0.05) is 44.9 Å². The van der Waals surface area contributed by atoms with Gasteiger partial charge in [-0.05, 0) is 56.6 Å². The topological polar surface area (TPSA) is 93.5 Å². The summed E-state index contributed by atoms with van der Waals surface area (Å²) in [5.74, 6) is 1.15. The van der Waals surface area contributed by atoms with E-state index in [2.05, 4.69) is 62.9 Å². The Hall–Kier alpha value is -3.01. The number of aryl methyl sites for hydroxylation is 1. The molecule has 9 heteroatoms. The third kappa shape index (κ3) is 10.1. The number of carboxylic acids is 1. The average Bonchev–Trinajstić information content (AvgIpc) is 3.53. The number of aliphatic carboxylic acids is 1. The number of rotatable bonds is 18. The molecule has 3 aromatic rings. The van der Waals surface area contributed by atoms with Gasteiger partial charge in [-0.1, -0.05) is 38.1 Å². The number of carboxylic acid groups (broad SMARTS) is 1. The molecule has 9 nitrogen and oxygen atoms in total. The molecule has 0 amide bonds. The van der Waals surface area contributed by atoms with Crippen molar-refractivity contribution in [2.45, 2.75) is 59.3 Å². The van der Waals surface area contributed by atoms with Gasteiger partial charge in [0.15, 0.2) is 0 Å². The Morgan fingerprint density at radius 1 is 0.892 bits per heavy atom. The molecule has 0 radical (unpaired) electrons. The van der Waals surface area contributed by atoms with Crippen LogP contribution in [0.2, 0.25) is 0 Å². The third-order valence-corrected chi connectivity index (χ3v) is 6.59. The van der Waals surface area contributed by atoms with Gasteiger partial charge in [-0.3, -0.25) is 14.6 Å². The molecular weight excluding hydrogens is 466 g/mol. The number of benzene rings is 1. The number of imidazole rings is 2. The number of unbranched alkanes of at least 4 members (excludes halogenated alkanes) is 1. The van der Waals surface area contributed by atoms with E-state index in [0.717, 1.165) is 62.8 Å². The summed E-state index contributed by atoms with van der Waals surface area (Å²) in [5.41, 5.74) is 2.33. The summed E-state index contributed by atoms with van der Waals surface area (Å²) in [4.78, 5) is 30.3. The van der Waals surface area contributed by atoms with Crippen LogP contribution in [0, 0.1) is 0 Å². The molecule has 3 rings (SSSR count). The van der Waals surface area contributed by atoms with Gasteiger partial charge in [0.2, 0.25) is 0 Å². The molecule has 0 spiro atoms. The van der Waals surface area contributed by atoms with Gasteiger partial charge in [-0.15, -0.1) is 0 Å². The Morgan fingerprint density at radius 2 is 1.57 bits per heavy atom. The van der Waals surface area contributed by atoms with Crippen molar-refractivity contribution in [1.82, 2.24) is 34.2 Å². The van der Waals surface area contributed by atoms with E-state index in [1.54, 1.807) is 6.20 Å². The number of H-pyrrole nitrogens is 1. The van der Waals surface area contributed by atoms with E-state index in [1.165, 1.54) is 12.0 Å². The number of aromatic nitrogens is 4. The summed E-state index contributed by atoms with van der Waals surface area (Å²) in [6.45, 7) is 11.3. The summed E-state index contributed by atoms with van der Waals surface area (Å²) in [5, 5.41) is 9.42. The second-order valence-electron chi connectivity index (χ2n) is 9.70. The Morgan fingerprint density at radius 3 is 2.11 bits per heavy atom. The fourth-order valence-corrected chi connectivity index (χ4v) is 4.60. The molecular formula is C28H43N7O2. The first kappa shape index (κ1) is 28.6. The maximum atomic E-state index is 11.5. The predicted octanol–water partition coefficient (Wildman–Crippen LogP) is 3.74. The van der Waals surface area contributed by atoms with Crippen LogP contribution in [-0.2, 0) is 38.0 Å². The SMILES string of the molecule is CCCN(CC)CCCCN(CC(=O)O)Cc1ccc(CN(Cc2ncc[nH]2)Cc2nccn2C)cc1. The Bertz CT molecular complexity index is 1030. The molecule has 0 aliphatic rings. The fourth-order valence-electron chi connectivity index (χ4n) is 4.60. The molecule has 0 fully saturated rings. The summed E-state index contributed by atoms with van der Waals surface area (Å²) >= 11 is 0. The highest BCUT2D eigenvalue weighted by Crippen LogP contribution is 2.14. The van der Waals surface area contributed by atoms with E-state index in [-0.39, 0.29) is 6.54 Å². The molecule has 2 heterocycles. The van der Waals surface area contributed by atoms with Crippen LogP contribution in [-0.4, -0.2) is 78.0 Å². The molecule has 0 aliphatic carbocycles. The zero-order valence-electron chi connectivity index (χ0n) is 22.6. The van der Waals surface area contributed by atoms with Crippen LogP contribution in [0.25, 0.3) is 0 Å². The van der Waals surface area contributed by atoms with Gasteiger partial charge in [0.25, 0.3) is 0 Å².